The molecule has 0 amide bonds. The first kappa shape index (κ1) is 14.3. The Kier molecular flexibility index (Phi) is 5.10. The first-order valence-corrected chi connectivity index (χ1v) is 4.69. The zero-order chi connectivity index (χ0) is 12.2. The van der Waals surface area contributed by atoms with E-state index in [0.717, 1.165) is 12.5 Å². The average molecular weight is 229 g/mol. The van der Waals surface area contributed by atoms with Crippen LogP contribution in [0.4, 0.5) is 17.3 Å². The number of likely N-dealkylation sites (N-methyl/N-ethyl adjacent to an activating group) is 1. The van der Waals surface area contributed by atoms with Gasteiger partial charge in [0.25, 0.3) is 0 Å². The lowest BCUT2D eigenvalue weighted by Crippen LogP contribution is -2.27. The van der Waals surface area contributed by atoms with Gasteiger partial charge in [0.2, 0.25) is 0 Å². The van der Waals surface area contributed by atoms with Gasteiger partial charge in [-0.15, -0.1) is 0 Å². The molecule has 0 aromatic carbocycles. The SMILES string of the molecule is CC1=[N+](C)C(C(C)C)CO1.F[B-](F)(F)F. The van der Waals surface area contributed by atoms with Crippen LogP contribution in [0.2, 0.25) is 0 Å². The average Bonchev–Trinajstić information content (AvgIpc) is 2.29. The van der Waals surface area contributed by atoms with Crippen molar-refractivity contribution >= 4 is 13.2 Å². The molecule has 0 saturated heterocycles. The second-order valence-corrected chi connectivity index (χ2v) is 3.75. The summed E-state index contributed by atoms with van der Waals surface area (Å²) in [6.45, 7) is 7.33. The molecule has 1 unspecified atom stereocenters. The molecular weight excluding hydrogens is 213 g/mol. The molecule has 0 aromatic heterocycles. The van der Waals surface area contributed by atoms with E-state index in [9.17, 15) is 17.3 Å². The van der Waals surface area contributed by atoms with Crippen molar-refractivity contribution in [3.63, 3.8) is 0 Å². The molecule has 1 rings (SSSR count). The lowest BCUT2D eigenvalue weighted by Gasteiger charge is -2.07. The highest BCUT2D eigenvalue weighted by Gasteiger charge is 2.31. The Morgan fingerprint density at radius 2 is 1.73 bits per heavy atom. The molecule has 1 atom stereocenters. The van der Waals surface area contributed by atoms with Gasteiger partial charge in [-0.05, 0) is 0 Å². The number of hydrogen-bond donors (Lipinski definition) is 0. The third kappa shape index (κ3) is 6.35. The molecule has 15 heavy (non-hydrogen) atoms. The van der Waals surface area contributed by atoms with Gasteiger partial charge in [0.1, 0.15) is 7.05 Å². The summed E-state index contributed by atoms with van der Waals surface area (Å²) in [6.07, 6.45) is 0. The van der Waals surface area contributed by atoms with Gasteiger partial charge in [-0.2, -0.15) is 4.58 Å². The maximum Gasteiger partial charge on any atom is 0.673 e. The van der Waals surface area contributed by atoms with E-state index >= 15 is 0 Å². The van der Waals surface area contributed by atoms with Crippen molar-refractivity contribution in [2.45, 2.75) is 26.8 Å². The van der Waals surface area contributed by atoms with Crippen LogP contribution in [0.25, 0.3) is 0 Å². The fraction of sp³-hybridized carbons (Fsp3) is 0.875. The zero-order valence-electron chi connectivity index (χ0n) is 9.31. The Bertz CT molecular complexity index is 233. The lowest BCUT2D eigenvalue weighted by atomic mass is 10.1. The van der Waals surface area contributed by atoms with Crippen LogP contribution in [-0.4, -0.2) is 37.4 Å². The van der Waals surface area contributed by atoms with Gasteiger partial charge >= 0.3 is 13.2 Å². The van der Waals surface area contributed by atoms with Crippen LogP contribution in [-0.2, 0) is 4.74 Å². The van der Waals surface area contributed by atoms with Crippen molar-refractivity contribution in [2.24, 2.45) is 5.92 Å². The van der Waals surface area contributed by atoms with Crippen LogP contribution in [0.15, 0.2) is 0 Å². The van der Waals surface area contributed by atoms with Crippen LogP contribution >= 0.6 is 0 Å². The van der Waals surface area contributed by atoms with Gasteiger partial charge in [0.15, 0.2) is 12.6 Å². The van der Waals surface area contributed by atoms with Gasteiger partial charge in [0.05, 0.1) is 6.92 Å². The Morgan fingerprint density at radius 3 is 1.87 bits per heavy atom. The van der Waals surface area contributed by atoms with Crippen LogP contribution < -0.4 is 0 Å². The van der Waals surface area contributed by atoms with Crippen molar-refractivity contribution in [3.05, 3.63) is 0 Å². The van der Waals surface area contributed by atoms with E-state index in [0.29, 0.717) is 12.0 Å². The monoisotopic (exact) mass is 229 g/mol. The summed E-state index contributed by atoms with van der Waals surface area (Å²) in [5.41, 5.74) is 0. The van der Waals surface area contributed by atoms with Crippen molar-refractivity contribution in [1.29, 1.82) is 0 Å². The molecule has 7 heteroatoms. The molecule has 0 radical (unpaired) electrons. The normalized spacial score (nSPS) is 21.3. The summed E-state index contributed by atoms with van der Waals surface area (Å²) in [4.78, 5) is 0. The van der Waals surface area contributed by atoms with Crippen molar-refractivity contribution in [1.82, 2.24) is 0 Å². The highest BCUT2D eigenvalue weighted by atomic mass is 19.5. The standard InChI is InChI=1S/C8H16NO.BF4/c1-6(2)8-5-10-7(3)9(8)4;2-1(3,4)5/h6,8H,5H2,1-4H3;/q+1;-1. The third-order valence-corrected chi connectivity index (χ3v) is 2.23. The first-order valence-electron chi connectivity index (χ1n) is 4.69. The number of hydrogen-bond acceptors (Lipinski definition) is 1. The van der Waals surface area contributed by atoms with Crippen LogP contribution in [0.5, 0.6) is 0 Å². The molecule has 0 aromatic rings. The van der Waals surface area contributed by atoms with E-state index in [2.05, 4.69) is 25.5 Å². The Labute approximate surface area is 87.0 Å². The van der Waals surface area contributed by atoms with E-state index in [4.69, 9.17) is 4.74 Å². The summed E-state index contributed by atoms with van der Waals surface area (Å²) in [6, 6.07) is 0.583. The minimum atomic E-state index is -6.00. The number of nitrogens with zero attached hydrogens (tertiary/aromatic N) is 1. The fourth-order valence-corrected chi connectivity index (χ4v) is 1.29. The van der Waals surface area contributed by atoms with Gasteiger partial charge in [-0.25, -0.2) is 0 Å². The summed E-state index contributed by atoms with van der Waals surface area (Å²) < 4.78 is 46.6. The lowest BCUT2D eigenvalue weighted by molar-refractivity contribution is -0.535. The smallest absolute Gasteiger partial charge is 0.441 e. The Morgan fingerprint density at radius 1 is 1.33 bits per heavy atom. The number of halogens is 4. The molecule has 0 aliphatic carbocycles. The van der Waals surface area contributed by atoms with E-state index in [1.54, 1.807) is 0 Å². The molecule has 0 fully saturated rings. The van der Waals surface area contributed by atoms with Crippen LogP contribution in [0, 0.1) is 5.92 Å². The molecular formula is C8H16BF4NO. The van der Waals surface area contributed by atoms with E-state index in [-0.39, 0.29) is 0 Å². The van der Waals surface area contributed by atoms with Crippen molar-refractivity contribution in [3.8, 4) is 0 Å². The van der Waals surface area contributed by atoms with E-state index in [1.807, 2.05) is 6.92 Å². The zero-order valence-corrected chi connectivity index (χ0v) is 9.31. The van der Waals surface area contributed by atoms with Crippen LogP contribution in [0.3, 0.4) is 0 Å². The maximum atomic E-state index is 9.75. The number of rotatable bonds is 1. The van der Waals surface area contributed by atoms with Gasteiger partial charge in [-0.3, -0.25) is 0 Å². The predicted molar refractivity (Wildman–Crippen MR) is 51.6 cm³/mol. The van der Waals surface area contributed by atoms with E-state index < -0.39 is 7.25 Å². The minimum Gasteiger partial charge on any atom is -0.441 e. The highest BCUT2D eigenvalue weighted by molar-refractivity contribution is 6.50. The van der Waals surface area contributed by atoms with Gasteiger partial charge in [-0.1, -0.05) is 13.8 Å². The second-order valence-electron chi connectivity index (χ2n) is 3.75. The molecule has 1 heterocycles. The predicted octanol–water partition coefficient (Wildman–Crippen LogP) is 2.40. The molecule has 90 valence electrons. The highest BCUT2D eigenvalue weighted by Crippen LogP contribution is 2.11. The second kappa shape index (κ2) is 5.37. The summed E-state index contributed by atoms with van der Waals surface area (Å²) >= 11 is 0. The topological polar surface area (TPSA) is 12.2 Å². The molecule has 2 nitrogen and oxygen atoms in total. The van der Waals surface area contributed by atoms with Gasteiger partial charge in [0, 0.05) is 5.92 Å². The molecule has 0 saturated carbocycles. The molecule has 0 spiro atoms. The summed E-state index contributed by atoms with van der Waals surface area (Å²) in [7, 11) is -3.91. The quantitative estimate of drug-likeness (QED) is 0.382. The number of ether oxygens (including phenoxy) is 1. The largest absolute Gasteiger partial charge is 0.673 e. The first-order chi connectivity index (χ1) is 6.63. The molecule has 1 aliphatic rings. The summed E-state index contributed by atoms with van der Waals surface area (Å²) in [5, 5.41) is 0. The van der Waals surface area contributed by atoms with E-state index in [1.165, 1.54) is 0 Å². The minimum absolute atomic E-state index is 0.583. The summed E-state index contributed by atoms with van der Waals surface area (Å²) in [5.74, 6) is 1.74. The Hall–Kier alpha value is -0.745. The maximum absolute atomic E-state index is 9.75. The fourth-order valence-electron chi connectivity index (χ4n) is 1.29. The Balaban J connectivity index is 0.000000336. The third-order valence-electron chi connectivity index (χ3n) is 2.23. The molecule has 0 bridgehead atoms. The van der Waals surface area contributed by atoms with Crippen molar-refractivity contribution in [2.75, 3.05) is 13.7 Å². The molecule has 0 N–H and O–H groups in total. The van der Waals surface area contributed by atoms with Crippen LogP contribution in [0.1, 0.15) is 20.8 Å². The molecule has 1 aliphatic heterocycles. The van der Waals surface area contributed by atoms with Crippen molar-refractivity contribution < 1.29 is 26.6 Å². The van der Waals surface area contributed by atoms with Gasteiger partial charge < -0.3 is 22.0 Å².